The molecule has 2 aromatic heterocycles. The molecule has 0 spiro atoms. The topological polar surface area (TPSA) is 84.7 Å². The Morgan fingerprint density at radius 3 is 1.26 bits per heavy atom. The number of benzene rings is 4. The highest BCUT2D eigenvalue weighted by Gasteiger charge is 2.43. The molecule has 0 aliphatic heterocycles. The lowest BCUT2D eigenvalue weighted by Gasteiger charge is -2.21. The molecule has 2 unspecified atom stereocenters. The largest absolute Gasteiger partial charge is 0.488 e. The third-order valence-electron chi connectivity index (χ3n) is 12.4. The molecule has 2 heterocycles. The molecule has 2 N–H and O–H groups in total. The normalized spacial score (nSPS) is 15.6. The van der Waals surface area contributed by atoms with Gasteiger partial charge in [0, 0.05) is 42.2 Å². The van der Waals surface area contributed by atoms with Crippen LogP contribution in [0.25, 0.3) is 22.4 Å². The van der Waals surface area contributed by atoms with Crippen molar-refractivity contribution in [2.24, 2.45) is 11.8 Å². The minimum Gasteiger partial charge on any atom is -0.429 e. The van der Waals surface area contributed by atoms with Gasteiger partial charge in [0.15, 0.2) is 34.9 Å². The molecular weight excluding hydrogens is 1050 g/mol. The third-order valence-corrected chi connectivity index (χ3v) is 12.6. The lowest BCUT2D eigenvalue weighted by Crippen LogP contribution is -2.33. The summed E-state index contributed by atoms with van der Waals surface area (Å²) in [4.78, 5) is 8.37. The van der Waals surface area contributed by atoms with Crippen molar-refractivity contribution < 1.29 is 81.0 Å². The van der Waals surface area contributed by atoms with E-state index in [1.165, 1.54) is 49.7 Å². The molecule has 0 saturated carbocycles. The molecule has 2 aliphatic rings. The van der Waals surface area contributed by atoms with Crippen LogP contribution in [0.3, 0.4) is 0 Å². The van der Waals surface area contributed by atoms with E-state index in [-0.39, 0.29) is 47.7 Å². The van der Waals surface area contributed by atoms with E-state index < -0.39 is 106 Å². The summed E-state index contributed by atoms with van der Waals surface area (Å²) < 4.78 is 200. The minimum atomic E-state index is -4.73. The molecule has 0 saturated heterocycles. The fourth-order valence-electron chi connectivity index (χ4n) is 8.56. The summed E-state index contributed by atoms with van der Waals surface area (Å²) in [6.07, 6.45) is 10.3. The van der Waals surface area contributed by atoms with Crippen LogP contribution in [0.4, 0.5) is 61.5 Å². The number of aromatic nitrogens is 2. The van der Waals surface area contributed by atoms with Crippen molar-refractivity contribution in [1.82, 2.24) is 9.97 Å². The van der Waals surface area contributed by atoms with Gasteiger partial charge >= 0.3 is 19.3 Å². The summed E-state index contributed by atoms with van der Waals surface area (Å²) in [5.41, 5.74) is 0.328. The van der Waals surface area contributed by atoms with E-state index in [1.807, 2.05) is 12.3 Å². The fraction of sp³-hybridized carbons (Fsp3) is 0.296. The van der Waals surface area contributed by atoms with Crippen LogP contribution in [0.15, 0.2) is 97.3 Å². The van der Waals surface area contributed by atoms with Crippen molar-refractivity contribution in [1.29, 1.82) is 0 Å². The van der Waals surface area contributed by atoms with E-state index >= 15 is 0 Å². The fourth-order valence-corrected chi connectivity index (χ4v) is 8.67. The Bertz CT molecular complexity index is 2960. The second kappa shape index (κ2) is 25.6. The highest BCUT2D eigenvalue weighted by atomic mass is 35.5. The number of allylic oxidation sites excluding steroid dienone is 4. The second-order valence-corrected chi connectivity index (χ2v) is 18.2. The Morgan fingerprint density at radius 2 is 0.934 bits per heavy atom. The Hall–Kier alpha value is -6.45. The number of hydrogen-bond acceptors (Lipinski definition) is 6. The van der Waals surface area contributed by atoms with Gasteiger partial charge in [0.05, 0.1) is 5.69 Å². The average Bonchev–Trinajstić information content (AvgIpc) is 3.35. The Kier molecular flexibility index (Phi) is 19.8. The van der Waals surface area contributed by atoms with Crippen LogP contribution in [-0.4, -0.2) is 27.1 Å². The van der Waals surface area contributed by atoms with Crippen molar-refractivity contribution in [3.05, 3.63) is 183 Å². The molecule has 22 heteroatoms. The van der Waals surface area contributed by atoms with Crippen LogP contribution < -0.4 is 14.9 Å². The number of alkyl halides is 4. The highest BCUT2D eigenvalue weighted by Crippen LogP contribution is 2.40. The Morgan fingerprint density at radius 1 is 0.539 bits per heavy atom. The van der Waals surface area contributed by atoms with Gasteiger partial charge in [0.1, 0.15) is 51.0 Å². The number of hydrogen-bond donors (Lipinski definition) is 2. The first kappa shape index (κ1) is 58.8. The summed E-state index contributed by atoms with van der Waals surface area (Å²) in [6.45, 7) is 4.42. The SMILES string of the molecule is CCCC1CC=C(c2ccc(-c3cc(F)c(C(F)(F)Oc4cc(F)c(F)c(F)c4)c(F)c3)nc2)CC1.CCCC1CC=C(c2ccc(Cl)nc2)CC1.OB(O)c1cc(F)c(C(F)(F)Oc2cc(F)c(F)c(F)c2)c(F)c1. The monoisotopic (exact) mass is 1100 g/mol. The van der Waals surface area contributed by atoms with Gasteiger partial charge < -0.3 is 19.5 Å². The third kappa shape index (κ3) is 14.9. The molecule has 6 nitrogen and oxygen atoms in total. The van der Waals surface area contributed by atoms with Crippen molar-refractivity contribution in [2.45, 2.75) is 90.3 Å². The van der Waals surface area contributed by atoms with Gasteiger partial charge in [0.2, 0.25) is 0 Å². The summed E-state index contributed by atoms with van der Waals surface area (Å²) in [5, 5.41) is 18.1. The molecule has 0 fully saturated rings. The summed E-state index contributed by atoms with van der Waals surface area (Å²) in [5.74, 6) is -19.0. The number of nitrogens with zero attached hydrogens (tertiary/aromatic N) is 2. The predicted molar refractivity (Wildman–Crippen MR) is 257 cm³/mol. The zero-order valence-corrected chi connectivity index (χ0v) is 41.1. The summed E-state index contributed by atoms with van der Waals surface area (Å²) in [7, 11) is -2.32. The van der Waals surface area contributed by atoms with Crippen LogP contribution in [0.2, 0.25) is 5.15 Å². The maximum atomic E-state index is 14.6. The smallest absolute Gasteiger partial charge is 0.429 e. The predicted octanol–water partition coefficient (Wildman–Crippen LogP) is 15.5. The molecular formula is C54H46BClF14N2O4. The summed E-state index contributed by atoms with van der Waals surface area (Å²) >= 11 is 5.78. The molecule has 0 bridgehead atoms. The molecule has 4 aromatic carbocycles. The first-order chi connectivity index (χ1) is 35.9. The van der Waals surface area contributed by atoms with E-state index in [9.17, 15) is 61.5 Å². The second-order valence-electron chi connectivity index (χ2n) is 17.8. The van der Waals surface area contributed by atoms with E-state index in [0.717, 1.165) is 42.7 Å². The maximum absolute atomic E-state index is 14.6. The van der Waals surface area contributed by atoms with Crippen molar-refractivity contribution >= 4 is 35.3 Å². The molecule has 2 atom stereocenters. The highest BCUT2D eigenvalue weighted by molar-refractivity contribution is 6.58. The number of rotatable bonds is 14. The standard InChI is InChI=1S/C27H22F7NO.C14H18ClN.C13H6BF7O3/c1-2-3-15-4-6-16(7-5-15)17-8-9-24(35-14-17)18-10-20(28)25(21(29)11-18)27(33,34)36-19-12-22(30)26(32)23(31)13-19;1-2-3-11-4-6-12(7-5-11)13-8-9-14(15)16-10-13;15-7-1-5(14(22)23)2-8(16)11(7)13(20,21)24-6-3-9(17)12(19)10(18)4-6/h6,8-15H,2-5,7H2,1H3;6,8-11H,2-5,7H2,1H3;1-4,22-23H. The van der Waals surface area contributed by atoms with Crippen molar-refractivity contribution in [3.8, 4) is 22.8 Å². The van der Waals surface area contributed by atoms with Crippen molar-refractivity contribution in [2.75, 3.05) is 0 Å². The van der Waals surface area contributed by atoms with Crippen LogP contribution in [-0.2, 0) is 12.2 Å². The Labute approximate surface area is 432 Å². The van der Waals surface area contributed by atoms with Crippen LogP contribution in [0.1, 0.15) is 100 Å². The summed E-state index contributed by atoms with van der Waals surface area (Å²) in [6, 6.07) is 9.42. The van der Waals surface area contributed by atoms with Gasteiger partial charge in [-0.1, -0.05) is 75.4 Å². The van der Waals surface area contributed by atoms with E-state index in [1.54, 1.807) is 18.3 Å². The van der Waals surface area contributed by atoms with Crippen molar-refractivity contribution in [3.63, 3.8) is 0 Å². The number of halogens is 15. The van der Waals surface area contributed by atoms with Gasteiger partial charge in [-0.3, -0.25) is 4.98 Å². The molecule has 76 heavy (non-hydrogen) atoms. The van der Waals surface area contributed by atoms with Crippen LogP contribution in [0.5, 0.6) is 11.5 Å². The van der Waals surface area contributed by atoms with Crippen LogP contribution >= 0.6 is 11.6 Å². The van der Waals surface area contributed by atoms with Gasteiger partial charge in [-0.2, -0.15) is 17.6 Å². The Balaban J connectivity index is 0.000000201. The quantitative estimate of drug-likeness (QED) is 0.0489. The van der Waals surface area contributed by atoms with E-state index in [2.05, 4.69) is 51.5 Å². The van der Waals surface area contributed by atoms with Gasteiger partial charge in [-0.15, -0.1) is 0 Å². The first-order valence-corrected chi connectivity index (χ1v) is 24.0. The molecule has 0 radical (unpaired) electrons. The first-order valence-electron chi connectivity index (χ1n) is 23.7. The molecule has 2 aliphatic carbocycles. The van der Waals surface area contributed by atoms with E-state index in [0.29, 0.717) is 23.2 Å². The lowest BCUT2D eigenvalue weighted by molar-refractivity contribution is -0.190. The van der Waals surface area contributed by atoms with Crippen LogP contribution in [0, 0.1) is 70.0 Å². The molecule has 404 valence electrons. The number of pyridine rings is 2. The molecule has 0 amide bonds. The molecule has 8 rings (SSSR count). The zero-order chi connectivity index (χ0) is 55.6. The number of ether oxygens (including phenoxy) is 2. The maximum Gasteiger partial charge on any atom is 0.488 e. The lowest BCUT2D eigenvalue weighted by atomic mass is 9.79. The molecule has 6 aromatic rings. The van der Waals surface area contributed by atoms with E-state index in [4.69, 9.17) is 21.6 Å². The van der Waals surface area contributed by atoms with Gasteiger partial charge in [-0.25, -0.2) is 48.9 Å². The average molecular weight is 1100 g/mol. The zero-order valence-electron chi connectivity index (χ0n) is 40.3. The minimum absolute atomic E-state index is 0.0635. The van der Waals surface area contributed by atoms with Gasteiger partial charge in [0.25, 0.3) is 0 Å². The van der Waals surface area contributed by atoms with Gasteiger partial charge in [-0.05, 0) is 114 Å².